The summed E-state index contributed by atoms with van der Waals surface area (Å²) in [5.74, 6) is -0.393. The van der Waals surface area contributed by atoms with Crippen molar-refractivity contribution in [1.82, 2.24) is 0 Å². The summed E-state index contributed by atoms with van der Waals surface area (Å²) in [4.78, 5) is 0. The van der Waals surface area contributed by atoms with Gasteiger partial charge < -0.3 is 0 Å². The van der Waals surface area contributed by atoms with Gasteiger partial charge in [-0.15, -0.1) is 0 Å². The first-order valence-corrected chi connectivity index (χ1v) is 13.4. The third-order valence-electron chi connectivity index (χ3n) is 9.21. The van der Waals surface area contributed by atoms with E-state index in [9.17, 15) is 8.78 Å². The lowest BCUT2D eigenvalue weighted by Gasteiger charge is -2.38. The summed E-state index contributed by atoms with van der Waals surface area (Å²) in [6.07, 6.45) is 13.6. The zero-order chi connectivity index (χ0) is 23.7. The molecule has 3 aliphatic carbocycles. The zero-order valence-electron chi connectivity index (χ0n) is 20.0. The highest BCUT2D eigenvalue weighted by Crippen LogP contribution is 2.47. The van der Waals surface area contributed by atoms with Gasteiger partial charge in [-0.05, 0) is 129 Å². The Morgan fingerprint density at radius 3 is 1.50 bits per heavy atom. The third kappa shape index (κ3) is 5.06. The summed E-state index contributed by atoms with van der Waals surface area (Å²) < 4.78 is 57.0. The SMILES string of the molecule is Fc1ccc(C2CCC(C3CCC(c4c(F)cc(C5CCCCC5)cc4F)CC3)CC2)cc1F. The zero-order valence-corrected chi connectivity index (χ0v) is 20.0. The first kappa shape index (κ1) is 23.9. The van der Waals surface area contributed by atoms with Gasteiger partial charge in [-0.1, -0.05) is 25.3 Å². The minimum Gasteiger partial charge on any atom is -0.207 e. The molecule has 4 heteroatoms. The molecule has 0 radical (unpaired) electrons. The average Bonchev–Trinajstić information content (AvgIpc) is 2.86. The van der Waals surface area contributed by atoms with Crippen molar-refractivity contribution in [3.05, 3.63) is 70.3 Å². The molecule has 3 aliphatic rings. The standard InChI is InChI=1S/C30H36F4/c31-26-15-14-24(16-27(26)32)22-8-6-20(7-9-22)21-10-12-23(13-11-21)30-28(33)17-25(18-29(30)34)19-4-2-1-3-5-19/h14-23H,1-13H2. The minimum atomic E-state index is -0.786. The van der Waals surface area contributed by atoms with Gasteiger partial charge in [-0.25, -0.2) is 17.6 Å². The highest BCUT2D eigenvalue weighted by molar-refractivity contribution is 5.32. The molecule has 0 amide bonds. The van der Waals surface area contributed by atoms with Gasteiger partial charge in [0.25, 0.3) is 0 Å². The molecule has 2 aromatic carbocycles. The maximum Gasteiger partial charge on any atom is 0.159 e. The van der Waals surface area contributed by atoms with Crippen molar-refractivity contribution in [3.8, 4) is 0 Å². The van der Waals surface area contributed by atoms with Crippen LogP contribution in [0.2, 0.25) is 0 Å². The van der Waals surface area contributed by atoms with E-state index in [4.69, 9.17) is 0 Å². The molecular weight excluding hydrogens is 436 g/mol. The third-order valence-corrected chi connectivity index (χ3v) is 9.21. The molecule has 0 aromatic heterocycles. The van der Waals surface area contributed by atoms with E-state index in [1.165, 1.54) is 18.6 Å². The molecule has 0 N–H and O–H groups in total. The fourth-order valence-electron chi connectivity index (χ4n) is 7.24. The van der Waals surface area contributed by atoms with Crippen LogP contribution in [0, 0.1) is 35.1 Å². The first-order valence-electron chi connectivity index (χ1n) is 13.4. The van der Waals surface area contributed by atoms with Gasteiger partial charge in [-0.3, -0.25) is 0 Å². The van der Waals surface area contributed by atoms with Crippen LogP contribution >= 0.6 is 0 Å². The normalized spacial score (nSPS) is 28.7. The smallest absolute Gasteiger partial charge is 0.159 e. The van der Waals surface area contributed by atoms with E-state index in [-0.39, 0.29) is 17.6 Å². The first-order chi connectivity index (χ1) is 16.5. The highest BCUT2D eigenvalue weighted by Gasteiger charge is 2.33. The summed E-state index contributed by atoms with van der Waals surface area (Å²) in [5, 5.41) is 0. The molecule has 0 saturated heterocycles. The Balaban J connectivity index is 1.16. The van der Waals surface area contributed by atoms with Crippen LogP contribution in [0.3, 0.4) is 0 Å². The van der Waals surface area contributed by atoms with Crippen LogP contribution in [-0.2, 0) is 0 Å². The Morgan fingerprint density at radius 1 is 0.441 bits per heavy atom. The topological polar surface area (TPSA) is 0 Å². The van der Waals surface area contributed by atoms with Crippen LogP contribution in [0.5, 0.6) is 0 Å². The molecule has 0 nitrogen and oxygen atoms in total. The minimum absolute atomic E-state index is 0.0183. The van der Waals surface area contributed by atoms with Crippen LogP contribution in [0.25, 0.3) is 0 Å². The van der Waals surface area contributed by atoms with Crippen molar-refractivity contribution in [2.75, 3.05) is 0 Å². The summed E-state index contributed by atoms with van der Waals surface area (Å²) in [6, 6.07) is 7.56. The fourth-order valence-corrected chi connectivity index (χ4v) is 7.24. The molecule has 0 bridgehead atoms. The molecule has 0 unspecified atom stereocenters. The molecular formula is C30H36F4. The summed E-state index contributed by atoms with van der Waals surface area (Å²) in [5.41, 5.74) is 2.08. The fraction of sp³-hybridized carbons (Fsp3) is 0.600. The van der Waals surface area contributed by atoms with Crippen LogP contribution in [0.4, 0.5) is 17.6 Å². The lowest BCUT2D eigenvalue weighted by Crippen LogP contribution is -2.25. The van der Waals surface area contributed by atoms with Crippen molar-refractivity contribution in [3.63, 3.8) is 0 Å². The number of halogens is 4. The van der Waals surface area contributed by atoms with Gasteiger partial charge in [0.2, 0.25) is 0 Å². The van der Waals surface area contributed by atoms with Crippen LogP contribution in [0.15, 0.2) is 30.3 Å². The van der Waals surface area contributed by atoms with E-state index in [0.29, 0.717) is 29.2 Å². The Kier molecular flexibility index (Phi) is 7.32. The number of hydrogen-bond acceptors (Lipinski definition) is 0. The maximum absolute atomic E-state index is 15.1. The number of benzene rings is 2. The van der Waals surface area contributed by atoms with E-state index in [1.54, 1.807) is 18.2 Å². The molecule has 3 fully saturated rings. The Hall–Kier alpha value is -1.84. The van der Waals surface area contributed by atoms with Gasteiger partial charge in [-0.2, -0.15) is 0 Å². The second-order valence-corrected chi connectivity index (χ2v) is 11.1. The predicted octanol–water partition coefficient (Wildman–Crippen LogP) is 9.54. The van der Waals surface area contributed by atoms with Crippen LogP contribution in [-0.4, -0.2) is 0 Å². The number of hydrogen-bond donors (Lipinski definition) is 0. The summed E-state index contributed by atoms with van der Waals surface area (Å²) in [7, 11) is 0. The second kappa shape index (κ2) is 10.4. The second-order valence-electron chi connectivity index (χ2n) is 11.1. The molecule has 5 rings (SSSR count). The molecule has 0 heterocycles. The van der Waals surface area contributed by atoms with E-state index in [1.807, 2.05) is 0 Å². The molecule has 3 saturated carbocycles. The average molecular weight is 473 g/mol. The number of rotatable bonds is 4. The summed E-state index contributed by atoms with van der Waals surface area (Å²) in [6.45, 7) is 0. The largest absolute Gasteiger partial charge is 0.207 e. The van der Waals surface area contributed by atoms with Crippen LogP contribution < -0.4 is 0 Å². The van der Waals surface area contributed by atoms with Crippen molar-refractivity contribution < 1.29 is 17.6 Å². The Bertz CT molecular complexity index is 954. The Labute approximate surface area is 201 Å². The van der Waals surface area contributed by atoms with Crippen molar-refractivity contribution >= 4 is 0 Å². The van der Waals surface area contributed by atoms with Gasteiger partial charge in [0, 0.05) is 5.56 Å². The molecule has 2 aromatic rings. The lowest BCUT2D eigenvalue weighted by molar-refractivity contribution is 0.175. The monoisotopic (exact) mass is 472 g/mol. The molecule has 0 spiro atoms. The van der Waals surface area contributed by atoms with Crippen LogP contribution in [0.1, 0.15) is 118 Å². The van der Waals surface area contributed by atoms with Crippen molar-refractivity contribution in [2.45, 2.75) is 101 Å². The summed E-state index contributed by atoms with van der Waals surface area (Å²) >= 11 is 0. The van der Waals surface area contributed by atoms with E-state index >= 15 is 8.78 Å². The van der Waals surface area contributed by atoms with Gasteiger partial charge in [0.15, 0.2) is 11.6 Å². The van der Waals surface area contributed by atoms with E-state index in [2.05, 4.69) is 0 Å². The van der Waals surface area contributed by atoms with E-state index < -0.39 is 11.6 Å². The van der Waals surface area contributed by atoms with Gasteiger partial charge in [0.1, 0.15) is 11.6 Å². The predicted molar refractivity (Wildman–Crippen MR) is 128 cm³/mol. The van der Waals surface area contributed by atoms with Gasteiger partial charge in [0.05, 0.1) is 0 Å². The highest BCUT2D eigenvalue weighted by atomic mass is 19.2. The molecule has 0 atom stereocenters. The lowest BCUT2D eigenvalue weighted by atomic mass is 9.67. The molecule has 184 valence electrons. The maximum atomic E-state index is 15.1. The van der Waals surface area contributed by atoms with Crippen molar-refractivity contribution in [1.29, 1.82) is 0 Å². The molecule has 34 heavy (non-hydrogen) atoms. The van der Waals surface area contributed by atoms with Gasteiger partial charge >= 0.3 is 0 Å². The Morgan fingerprint density at radius 2 is 0.941 bits per heavy atom. The van der Waals surface area contributed by atoms with E-state index in [0.717, 1.165) is 88.2 Å². The quantitative estimate of drug-likeness (QED) is 0.389. The molecule has 0 aliphatic heterocycles. The van der Waals surface area contributed by atoms with Crippen molar-refractivity contribution in [2.24, 2.45) is 11.8 Å².